The molecule has 1 aliphatic rings. The smallest absolute Gasteiger partial charge is 0.141 e. The molecule has 1 aliphatic heterocycles. The van der Waals surface area contributed by atoms with Crippen molar-refractivity contribution in [3.63, 3.8) is 0 Å². The van der Waals surface area contributed by atoms with Crippen molar-refractivity contribution in [3.8, 4) is 0 Å². The lowest BCUT2D eigenvalue weighted by Gasteiger charge is -2.21. The second-order valence-electron chi connectivity index (χ2n) is 4.46. The maximum Gasteiger partial charge on any atom is 0.141 e. The summed E-state index contributed by atoms with van der Waals surface area (Å²) in [5.41, 5.74) is 0.415. The minimum Gasteiger partial charge on any atom is -0.316 e. The van der Waals surface area contributed by atoms with Gasteiger partial charge in [-0.2, -0.15) is 0 Å². The highest BCUT2D eigenvalue weighted by Crippen LogP contribution is 2.15. The Morgan fingerprint density at radius 1 is 1.29 bits per heavy atom. The minimum atomic E-state index is -0.630. The molecule has 1 fully saturated rings. The Bertz CT molecular complexity index is 394. The SMILES string of the molecule is O=C(Cc1cc(F)cc(F)c1)C1CCCNC1. The second-order valence-corrected chi connectivity index (χ2v) is 4.46. The van der Waals surface area contributed by atoms with Crippen LogP contribution in [0.2, 0.25) is 0 Å². The van der Waals surface area contributed by atoms with Gasteiger partial charge in [0.1, 0.15) is 17.4 Å². The van der Waals surface area contributed by atoms with Crippen molar-refractivity contribution in [3.05, 3.63) is 35.4 Å². The Morgan fingerprint density at radius 2 is 2.00 bits per heavy atom. The largest absolute Gasteiger partial charge is 0.316 e. The summed E-state index contributed by atoms with van der Waals surface area (Å²) in [5.74, 6) is -1.22. The highest BCUT2D eigenvalue weighted by atomic mass is 19.1. The number of carbonyl (C=O) groups is 1. The van der Waals surface area contributed by atoms with Gasteiger partial charge in [-0.3, -0.25) is 4.79 Å². The molecule has 92 valence electrons. The van der Waals surface area contributed by atoms with Gasteiger partial charge in [-0.05, 0) is 37.1 Å². The number of Topliss-reactive ketones (excluding diaryl/α,β-unsaturated/α-hetero) is 1. The molecule has 0 aromatic heterocycles. The number of ketones is 1. The van der Waals surface area contributed by atoms with Crippen LogP contribution in [0.15, 0.2) is 18.2 Å². The van der Waals surface area contributed by atoms with Crippen molar-refractivity contribution in [1.82, 2.24) is 5.32 Å². The van der Waals surface area contributed by atoms with Gasteiger partial charge in [-0.1, -0.05) is 0 Å². The maximum atomic E-state index is 13.0. The third kappa shape index (κ3) is 3.33. The van der Waals surface area contributed by atoms with Crippen LogP contribution in [0.4, 0.5) is 8.78 Å². The number of hydrogen-bond donors (Lipinski definition) is 1. The lowest BCUT2D eigenvalue weighted by atomic mass is 9.91. The molecule has 2 rings (SSSR count). The zero-order chi connectivity index (χ0) is 12.3. The van der Waals surface area contributed by atoms with Crippen LogP contribution in [0.5, 0.6) is 0 Å². The average molecular weight is 239 g/mol. The van der Waals surface area contributed by atoms with Gasteiger partial charge >= 0.3 is 0 Å². The first kappa shape index (κ1) is 12.2. The standard InChI is InChI=1S/C13H15F2NO/c14-11-4-9(5-12(15)7-11)6-13(17)10-2-1-3-16-8-10/h4-5,7,10,16H,1-3,6,8H2. The molecule has 0 bridgehead atoms. The van der Waals surface area contributed by atoms with E-state index in [-0.39, 0.29) is 18.1 Å². The molecule has 1 N–H and O–H groups in total. The van der Waals surface area contributed by atoms with Gasteiger partial charge in [0, 0.05) is 24.9 Å². The molecule has 1 saturated heterocycles. The topological polar surface area (TPSA) is 29.1 Å². The predicted octanol–water partition coefficient (Wildman–Crippen LogP) is 2.08. The molecule has 1 aromatic carbocycles. The number of nitrogens with one attached hydrogen (secondary N) is 1. The fourth-order valence-corrected chi connectivity index (χ4v) is 2.19. The molecular weight excluding hydrogens is 224 g/mol. The van der Waals surface area contributed by atoms with E-state index in [1.165, 1.54) is 12.1 Å². The van der Waals surface area contributed by atoms with Crippen molar-refractivity contribution in [2.45, 2.75) is 19.3 Å². The van der Waals surface area contributed by atoms with Gasteiger partial charge < -0.3 is 5.32 Å². The molecule has 0 aliphatic carbocycles. The van der Waals surface area contributed by atoms with Crippen molar-refractivity contribution < 1.29 is 13.6 Å². The van der Waals surface area contributed by atoms with Crippen LogP contribution in [-0.2, 0) is 11.2 Å². The fraction of sp³-hybridized carbons (Fsp3) is 0.462. The Kier molecular flexibility index (Phi) is 3.84. The number of piperidine rings is 1. The van der Waals surface area contributed by atoms with E-state index in [2.05, 4.69) is 5.32 Å². The van der Waals surface area contributed by atoms with Crippen molar-refractivity contribution in [2.75, 3.05) is 13.1 Å². The first-order valence-corrected chi connectivity index (χ1v) is 5.83. The molecule has 1 aromatic rings. The lowest BCUT2D eigenvalue weighted by molar-refractivity contribution is -0.122. The number of benzene rings is 1. The Labute approximate surface area is 99.0 Å². The summed E-state index contributed by atoms with van der Waals surface area (Å²) in [5, 5.41) is 3.16. The summed E-state index contributed by atoms with van der Waals surface area (Å²) in [6.07, 6.45) is 1.96. The van der Waals surface area contributed by atoms with Crippen LogP contribution in [0, 0.1) is 17.6 Å². The highest BCUT2D eigenvalue weighted by Gasteiger charge is 2.21. The Balaban J connectivity index is 2.01. The van der Waals surface area contributed by atoms with E-state index < -0.39 is 11.6 Å². The van der Waals surface area contributed by atoms with Crippen LogP contribution in [-0.4, -0.2) is 18.9 Å². The number of rotatable bonds is 3. The normalized spacial score (nSPS) is 20.2. The summed E-state index contributed by atoms with van der Waals surface area (Å²) in [6.45, 7) is 1.62. The summed E-state index contributed by atoms with van der Waals surface area (Å²) in [6, 6.07) is 3.25. The molecule has 0 spiro atoms. The summed E-state index contributed by atoms with van der Waals surface area (Å²) in [7, 11) is 0. The Hall–Kier alpha value is -1.29. The molecule has 4 heteroatoms. The van der Waals surface area contributed by atoms with E-state index in [9.17, 15) is 13.6 Å². The van der Waals surface area contributed by atoms with Crippen LogP contribution >= 0.6 is 0 Å². The van der Waals surface area contributed by atoms with Crippen LogP contribution < -0.4 is 5.32 Å². The van der Waals surface area contributed by atoms with Gasteiger partial charge in [0.2, 0.25) is 0 Å². The molecule has 17 heavy (non-hydrogen) atoms. The van der Waals surface area contributed by atoms with Gasteiger partial charge in [-0.15, -0.1) is 0 Å². The molecule has 1 heterocycles. The summed E-state index contributed by atoms with van der Waals surface area (Å²) < 4.78 is 25.9. The van der Waals surface area contributed by atoms with Crippen LogP contribution in [0.25, 0.3) is 0 Å². The third-order valence-corrected chi connectivity index (χ3v) is 3.05. The molecule has 0 amide bonds. The highest BCUT2D eigenvalue weighted by molar-refractivity contribution is 5.83. The molecule has 1 unspecified atom stereocenters. The van der Waals surface area contributed by atoms with Gasteiger partial charge in [-0.25, -0.2) is 8.78 Å². The van der Waals surface area contributed by atoms with E-state index in [0.29, 0.717) is 12.1 Å². The van der Waals surface area contributed by atoms with Crippen molar-refractivity contribution >= 4 is 5.78 Å². The first-order valence-electron chi connectivity index (χ1n) is 5.83. The minimum absolute atomic E-state index is 0.0184. The second kappa shape index (κ2) is 5.36. The van der Waals surface area contributed by atoms with Crippen LogP contribution in [0.1, 0.15) is 18.4 Å². The molecule has 0 radical (unpaired) electrons. The number of halogens is 2. The molecular formula is C13H15F2NO. The fourth-order valence-electron chi connectivity index (χ4n) is 2.19. The van der Waals surface area contributed by atoms with Crippen molar-refractivity contribution in [1.29, 1.82) is 0 Å². The van der Waals surface area contributed by atoms with Gasteiger partial charge in [0.15, 0.2) is 0 Å². The van der Waals surface area contributed by atoms with Crippen molar-refractivity contribution in [2.24, 2.45) is 5.92 Å². The van der Waals surface area contributed by atoms with E-state index >= 15 is 0 Å². The zero-order valence-electron chi connectivity index (χ0n) is 9.51. The number of hydrogen-bond acceptors (Lipinski definition) is 2. The van der Waals surface area contributed by atoms with E-state index in [1.807, 2.05) is 0 Å². The number of carbonyl (C=O) groups excluding carboxylic acids is 1. The van der Waals surface area contributed by atoms with Gasteiger partial charge in [0.05, 0.1) is 0 Å². The Morgan fingerprint density at radius 3 is 2.59 bits per heavy atom. The van der Waals surface area contributed by atoms with Crippen LogP contribution in [0.3, 0.4) is 0 Å². The van der Waals surface area contributed by atoms with E-state index in [0.717, 1.165) is 25.5 Å². The summed E-state index contributed by atoms with van der Waals surface area (Å²) in [4.78, 5) is 11.9. The molecule has 0 saturated carbocycles. The quantitative estimate of drug-likeness (QED) is 0.875. The average Bonchev–Trinajstić information content (AvgIpc) is 2.28. The lowest BCUT2D eigenvalue weighted by Crippen LogP contribution is -2.35. The first-order chi connectivity index (χ1) is 8.15. The third-order valence-electron chi connectivity index (χ3n) is 3.05. The molecule has 2 nitrogen and oxygen atoms in total. The van der Waals surface area contributed by atoms with Gasteiger partial charge in [0.25, 0.3) is 0 Å². The summed E-state index contributed by atoms with van der Waals surface area (Å²) >= 11 is 0. The van der Waals surface area contributed by atoms with E-state index in [4.69, 9.17) is 0 Å². The predicted molar refractivity (Wildman–Crippen MR) is 60.7 cm³/mol. The maximum absolute atomic E-state index is 13.0. The zero-order valence-corrected chi connectivity index (χ0v) is 9.51. The molecule has 1 atom stereocenters. The monoisotopic (exact) mass is 239 g/mol. The van der Waals surface area contributed by atoms with E-state index in [1.54, 1.807) is 0 Å².